The lowest BCUT2D eigenvalue weighted by atomic mass is 10.0. The van der Waals surface area contributed by atoms with Gasteiger partial charge in [0.2, 0.25) is 0 Å². The number of nitrogens with zero attached hydrogens (tertiary/aromatic N) is 1. The molecule has 4 N–H and O–H groups in total. The third kappa shape index (κ3) is 1.57. The van der Waals surface area contributed by atoms with E-state index in [0.717, 1.165) is 11.8 Å². The molecular formula is C14H17FN4O. The van der Waals surface area contributed by atoms with Gasteiger partial charge in [-0.2, -0.15) is 0 Å². The summed E-state index contributed by atoms with van der Waals surface area (Å²) in [5.74, 6) is 6.83. The number of halogens is 1. The van der Waals surface area contributed by atoms with Crippen LogP contribution in [0.5, 0.6) is 0 Å². The molecule has 20 heavy (non-hydrogen) atoms. The van der Waals surface area contributed by atoms with Crippen molar-refractivity contribution >= 4 is 11.7 Å². The Hall–Kier alpha value is -1.69. The highest BCUT2D eigenvalue weighted by molar-refractivity contribution is 5.95. The molecule has 0 aromatic carbocycles. The number of hydrogen-bond donors (Lipinski definition) is 3. The molecule has 1 heterocycles. The Morgan fingerprint density at radius 2 is 2.05 bits per heavy atom. The number of anilines is 1. The number of fused-ring (bicyclic) bond motifs is 5. The third-order valence-electron chi connectivity index (χ3n) is 5.30. The van der Waals surface area contributed by atoms with Gasteiger partial charge in [0, 0.05) is 12.2 Å². The van der Waals surface area contributed by atoms with Crippen LogP contribution < -0.4 is 16.6 Å². The molecule has 0 aliphatic heterocycles. The lowest BCUT2D eigenvalue weighted by Crippen LogP contribution is -2.31. The van der Waals surface area contributed by atoms with Crippen LogP contribution >= 0.6 is 0 Å². The number of amides is 1. The molecule has 4 rings (SSSR count). The zero-order valence-corrected chi connectivity index (χ0v) is 11.0. The number of carbonyl (C=O) groups excluding carboxylic acids is 1. The SMILES string of the molecule is NNc1nccc(C(=O)NC2C3C4CCC(C4)C23)c1F. The van der Waals surface area contributed by atoms with Crippen molar-refractivity contribution in [1.29, 1.82) is 0 Å². The van der Waals surface area contributed by atoms with Crippen LogP contribution in [0.4, 0.5) is 10.2 Å². The van der Waals surface area contributed by atoms with E-state index in [1.54, 1.807) is 0 Å². The number of hydrazine groups is 1. The lowest BCUT2D eigenvalue weighted by molar-refractivity contribution is 0.0940. The van der Waals surface area contributed by atoms with E-state index in [1.807, 2.05) is 0 Å². The summed E-state index contributed by atoms with van der Waals surface area (Å²) < 4.78 is 14.0. The summed E-state index contributed by atoms with van der Waals surface area (Å²) in [6.07, 6.45) is 5.29. The zero-order valence-electron chi connectivity index (χ0n) is 11.0. The maximum absolute atomic E-state index is 14.0. The van der Waals surface area contributed by atoms with Gasteiger partial charge in [-0.15, -0.1) is 0 Å². The van der Waals surface area contributed by atoms with E-state index in [9.17, 15) is 9.18 Å². The first-order valence-electron chi connectivity index (χ1n) is 7.12. The topological polar surface area (TPSA) is 80.0 Å². The first kappa shape index (κ1) is 12.1. The molecule has 0 saturated heterocycles. The molecule has 0 spiro atoms. The summed E-state index contributed by atoms with van der Waals surface area (Å²) in [5.41, 5.74) is 2.16. The second-order valence-electron chi connectivity index (χ2n) is 6.15. The van der Waals surface area contributed by atoms with E-state index in [4.69, 9.17) is 5.84 Å². The number of hydrogen-bond acceptors (Lipinski definition) is 4. The fraction of sp³-hybridized carbons (Fsp3) is 0.571. The smallest absolute Gasteiger partial charge is 0.254 e. The Balaban J connectivity index is 1.50. The Morgan fingerprint density at radius 3 is 2.70 bits per heavy atom. The van der Waals surface area contributed by atoms with E-state index in [1.165, 1.54) is 31.5 Å². The summed E-state index contributed by atoms with van der Waals surface area (Å²) in [7, 11) is 0. The lowest BCUT2D eigenvalue weighted by Gasteiger charge is -2.11. The number of carbonyl (C=O) groups is 1. The van der Waals surface area contributed by atoms with Crippen molar-refractivity contribution in [2.24, 2.45) is 29.5 Å². The summed E-state index contributed by atoms with van der Waals surface area (Å²) >= 11 is 0. The van der Waals surface area contributed by atoms with Gasteiger partial charge in [-0.3, -0.25) is 4.79 Å². The van der Waals surface area contributed by atoms with Crippen LogP contribution in [-0.2, 0) is 0 Å². The quantitative estimate of drug-likeness (QED) is 0.574. The predicted molar refractivity (Wildman–Crippen MR) is 71.1 cm³/mol. The molecule has 4 unspecified atom stereocenters. The molecule has 3 saturated carbocycles. The first-order valence-corrected chi connectivity index (χ1v) is 7.12. The van der Waals surface area contributed by atoms with Crippen LogP contribution in [-0.4, -0.2) is 16.9 Å². The van der Waals surface area contributed by atoms with E-state index in [-0.39, 0.29) is 23.3 Å². The molecule has 106 valence electrons. The average molecular weight is 276 g/mol. The molecule has 1 aromatic rings. The van der Waals surface area contributed by atoms with Crippen LogP contribution in [0.15, 0.2) is 12.3 Å². The molecular weight excluding hydrogens is 259 g/mol. The van der Waals surface area contributed by atoms with Gasteiger partial charge in [-0.05, 0) is 49.0 Å². The minimum Gasteiger partial charge on any atom is -0.349 e. The second-order valence-corrected chi connectivity index (χ2v) is 6.15. The van der Waals surface area contributed by atoms with Gasteiger partial charge in [0.05, 0.1) is 5.56 Å². The number of nitrogen functional groups attached to an aromatic ring is 1. The van der Waals surface area contributed by atoms with Gasteiger partial charge < -0.3 is 10.7 Å². The van der Waals surface area contributed by atoms with Crippen LogP contribution in [0.3, 0.4) is 0 Å². The van der Waals surface area contributed by atoms with Crippen LogP contribution in [0, 0.1) is 29.5 Å². The Kier molecular flexibility index (Phi) is 2.51. The highest BCUT2D eigenvalue weighted by Gasteiger charge is 2.65. The van der Waals surface area contributed by atoms with Crippen molar-refractivity contribution in [2.45, 2.75) is 25.3 Å². The van der Waals surface area contributed by atoms with Crippen molar-refractivity contribution in [3.05, 3.63) is 23.6 Å². The van der Waals surface area contributed by atoms with Crippen molar-refractivity contribution in [1.82, 2.24) is 10.3 Å². The Morgan fingerprint density at radius 1 is 1.35 bits per heavy atom. The van der Waals surface area contributed by atoms with E-state index in [2.05, 4.69) is 15.7 Å². The molecule has 2 bridgehead atoms. The molecule has 0 radical (unpaired) electrons. The Labute approximate surface area is 116 Å². The maximum atomic E-state index is 14.0. The highest BCUT2D eigenvalue weighted by Crippen LogP contribution is 2.65. The van der Waals surface area contributed by atoms with Crippen molar-refractivity contribution in [3.63, 3.8) is 0 Å². The van der Waals surface area contributed by atoms with Crippen LogP contribution in [0.1, 0.15) is 29.6 Å². The summed E-state index contributed by atoms with van der Waals surface area (Å²) in [6.45, 7) is 0. The van der Waals surface area contributed by atoms with E-state index >= 15 is 0 Å². The van der Waals surface area contributed by atoms with Crippen molar-refractivity contribution in [2.75, 3.05) is 5.43 Å². The highest BCUT2D eigenvalue weighted by atomic mass is 19.1. The van der Waals surface area contributed by atoms with Gasteiger partial charge in [0.25, 0.3) is 5.91 Å². The fourth-order valence-corrected chi connectivity index (χ4v) is 4.47. The number of rotatable bonds is 3. The maximum Gasteiger partial charge on any atom is 0.254 e. The standard InChI is InChI=1S/C14H17FN4O/c15-11-8(3-4-17-13(11)19-16)14(20)18-12-9-6-1-2-7(5-6)10(9)12/h3-4,6-7,9-10,12H,1-2,5,16H2,(H,17,19)(H,18,20). The molecule has 3 fully saturated rings. The molecule has 3 aliphatic carbocycles. The third-order valence-corrected chi connectivity index (χ3v) is 5.30. The summed E-state index contributed by atoms with van der Waals surface area (Å²) in [4.78, 5) is 15.9. The first-order chi connectivity index (χ1) is 9.70. The fourth-order valence-electron chi connectivity index (χ4n) is 4.47. The van der Waals surface area contributed by atoms with Gasteiger partial charge in [0.1, 0.15) is 0 Å². The predicted octanol–water partition coefficient (Wildman–Crippen LogP) is 1.28. The van der Waals surface area contributed by atoms with Crippen molar-refractivity contribution < 1.29 is 9.18 Å². The molecule has 1 aromatic heterocycles. The van der Waals surface area contributed by atoms with E-state index in [0.29, 0.717) is 11.8 Å². The average Bonchev–Trinajstić information content (AvgIpc) is 2.85. The molecule has 3 aliphatic rings. The number of aromatic nitrogens is 1. The van der Waals surface area contributed by atoms with E-state index < -0.39 is 5.82 Å². The summed E-state index contributed by atoms with van der Waals surface area (Å²) in [5, 5.41) is 2.99. The zero-order chi connectivity index (χ0) is 13.9. The largest absolute Gasteiger partial charge is 0.349 e. The number of nitrogens with two attached hydrogens (primary N) is 1. The van der Waals surface area contributed by atoms with Gasteiger partial charge in [-0.1, -0.05) is 0 Å². The Bertz CT molecular complexity index is 562. The molecule has 4 atom stereocenters. The van der Waals surface area contributed by atoms with Gasteiger partial charge in [0.15, 0.2) is 11.6 Å². The number of pyridine rings is 1. The normalized spacial score (nSPS) is 36.6. The monoisotopic (exact) mass is 276 g/mol. The molecule has 6 heteroatoms. The number of nitrogens with one attached hydrogen (secondary N) is 2. The van der Waals surface area contributed by atoms with Gasteiger partial charge in [-0.25, -0.2) is 15.2 Å². The second kappa shape index (κ2) is 4.15. The van der Waals surface area contributed by atoms with Crippen LogP contribution in [0.25, 0.3) is 0 Å². The molecule has 1 amide bonds. The minimum absolute atomic E-state index is 0.00488. The van der Waals surface area contributed by atoms with Crippen LogP contribution in [0.2, 0.25) is 0 Å². The molecule has 5 nitrogen and oxygen atoms in total. The summed E-state index contributed by atoms with van der Waals surface area (Å²) in [6, 6.07) is 1.63. The van der Waals surface area contributed by atoms with Gasteiger partial charge >= 0.3 is 0 Å². The van der Waals surface area contributed by atoms with Crippen molar-refractivity contribution in [3.8, 4) is 0 Å². The minimum atomic E-state index is -0.693.